The van der Waals surface area contributed by atoms with E-state index in [1.54, 1.807) is 0 Å². The normalized spacial score (nSPS) is 22.5. The van der Waals surface area contributed by atoms with Crippen LogP contribution in [0.1, 0.15) is 19.3 Å². The van der Waals surface area contributed by atoms with E-state index in [1.807, 2.05) is 0 Å². The van der Waals surface area contributed by atoms with E-state index in [0.29, 0.717) is 6.04 Å². The van der Waals surface area contributed by atoms with Crippen molar-refractivity contribution in [2.75, 3.05) is 18.0 Å². The van der Waals surface area contributed by atoms with Gasteiger partial charge >= 0.3 is 0 Å². The van der Waals surface area contributed by atoms with E-state index in [2.05, 4.69) is 45.1 Å². The first-order chi connectivity index (χ1) is 7.25. The molecule has 82 valence electrons. The number of nitrogens with zero attached hydrogens (tertiary/aromatic N) is 1. The summed E-state index contributed by atoms with van der Waals surface area (Å²) in [7, 11) is 0. The van der Waals surface area contributed by atoms with Crippen molar-refractivity contribution in [2.24, 2.45) is 5.73 Å². The van der Waals surface area contributed by atoms with Crippen LogP contribution < -0.4 is 10.6 Å². The van der Waals surface area contributed by atoms with Gasteiger partial charge in [-0.15, -0.1) is 0 Å². The van der Waals surface area contributed by atoms with Crippen molar-refractivity contribution in [1.82, 2.24) is 0 Å². The third-order valence-electron chi connectivity index (χ3n) is 2.88. The molecular weight excluding hydrogens is 252 g/mol. The second-order valence-electron chi connectivity index (χ2n) is 4.18. The predicted octanol–water partition coefficient (Wildman–Crippen LogP) is 2.77. The van der Waals surface area contributed by atoms with E-state index < -0.39 is 0 Å². The highest BCUT2D eigenvalue weighted by Crippen LogP contribution is 2.22. The molecule has 1 saturated heterocycles. The Morgan fingerprint density at radius 3 is 3.00 bits per heavy atom. The Kier molecular flexibility index (Phi) is 3.65. The largest absolute Gasteiger partial charge is 0.370 e. The maximum Gasteiger partial charge on any atom is 0.0378 e. The Labute approximate surface area is 99.6 Å². The van der Waals surface area contributed by atoms with Crippen LogP contribution in [-0.2, 0) is 0 Å². The molecular formula is C12H17BrN2. The van der Waals surface area contributed by atoms with Crippen molar-refractivity contribution in [2.45, 2.75) is 25.3 Å². The lowest BCUT2D eigenvalue weighted by Crippen LogP contribution is -2.35. The number of hydrogen-bond donors (Lipinski definition) is 1. The molecule has 0 bridgehead atoms. The summed E-state index contributed by atoms with van der Waals surface area (Å²) in [4.78, 5) is 2.39. The zero-order chi connectivity index (χ0) is 10.7. The number of rotatable bonds is 1. The van der Waals surface area contributed by atoms with Gasteiger partial charge in [-0.2, -0.15) is 0 Å². The zero-order valence-electron chi connectivity index (χ0n) is 8.82. The molecule has 0 spiro atoms. The second-order valence-corrected chi connectivity index (χ2v) is 5.10. The summed E-state index contributed by atoms with van der Waals surface area (Å²) in [6, 6.07) is 8.78. The van der Waals surface area contributed by atoms with Gasteiger partial charge in [0.1, 0.15) is 0 Å². The average molecular weight is 269 g/mol. The lowest BCUT2D eigenvalue weighted by atomic mass is 10.1. The molecule has 1 aliphatic heterocycles. The van der Waals surface area contributed by atoms with Gasteiger partial charge in [0.25, 0.3) is 0 Å². The van der Waals surface area contributed by atoms with E-state index >= 15 is 0 Å². The van der Waals surface area contributed by atoms with Crippen molar-refractivity contribution in [3.8, 4) is 0 Å². The Morgan fingerprint density at radius 1 is 1.33 bits per heavy atom. The minimum atomic E-state index is 0.325. The standard InChI is InChI=1S/C12H17BrN2/c13-10-4-3-6-12(8-10)15-7-2-1-5-11(14)9-15/h3-4,6,8,11H,1-2,5,7,9,14H2. The first-order valence-corrected chi connectivity index (χ1v) is 6.31. The van der Waals surface area contributed by atoms with Crippen molar-refractivity contribution >= 4 is 21.6 Å². The Morgan fingerprint density at radius 2 is 2.20 bits per heavy atom. The van der Waals surface area contributed by atoms with Crippen molar-refractivity contribution in [3.63, 3.8) is 0 Å². The van der Waals surface area contributed by atoms with E-state index in [0.717, 1.165) is 24.0 Å². The minimum absolute atomic E-state index is 0.325. The highest BCUT2D eigenvalue weighted by molar-refractivity contribution is 9.10. The van der Waals surface area contributed by atoms with Crippen molar-refractivity contribution in [3.05, 3.63) is 28.7 Å². The van der Waals surface area contributed by atoms with Crippen LogP contribution in [0.5, 0.6) is 0 Å². The van der Waals surface area contributed by atoms with Gasteiger partial charge in [-0.1, -0.05) is 28.4 Å². The molecule has 0 aliphatic carbocycles. The summed E-state index contributed by atoms with van der Waals surface area (Å²) in [5, 5.41) is 0. The third kappa shape index (κ3) is 2.95. The van der Waals surface area contributed by atoms with E-state index in [1.165, 1.54) is 18.5 Å². The number of anilines is 1. The first kappa shape index (κ1) is 11.0. The van der Waals surface area contributed by atoms with Crippen LogP contribution >= 0.6 is 15.9 Å². The third-order valence-corrected chi connectivity index (χ3v) is 3.37. The van der Waals surface area contributed by atoms with Crippen LogP contribution in [0.4, 0.5) is 5.69 Å². The van der Waals surface area contributed by atoms with Crippen LogP contribution in [0, 0.1) is 0 Å². The number of halogens is 1. The summed E-state index contributed by atoms with van der Waals surface area (Å²) in [6.07, 6.45) is 3.66. The van der Waals surface area contributed by atoms with Gasteiger partial charge < -0.3 is 10.6 Å². The summed E-state index contributed by atoms with van der Waals surface area (Å²) in [6.45, 7) is 2.11. The van der Waals surface area contributed by atoms with Gasteiger partial charge in [0.15, 0.2) is 0 Å². The van der Waals surface area contributed by atoms with Gasteiger partial charge in [0.05, 0.1) is 0 Å². The Hall–Kier alpha value is -0.540. The second kappa shape index (κ2) is 4.99. The molecule has 1 aromatic rings. The fourth-order valence-corrected chi connectivity index (χ4v) is 2.47. The average Bonchev–Trinajstić information content (AvgIpc) is 2.43. The number of nitrogens with two attached hydrogens (primary N) is 1. The molecule has 0 amide bonds. The summed E-state index contributed by atoms with van der Waals surface area (Å²) in [5.74, 6) is 0. The maximum atomic E-state index is 6.05. The zero-order valence-corrected chi connectivity index (χ0v) is 10.4. The van der Waals surface area contributed by atoms with Crippen LogP contribution in [0.3, 0.4) is 0 Å². The lowest BCUT2D eigenvalue weighted by Gasteiger charge is -2.25. The van der Waals surface area contributed by atoms with Crippen LogP contribution in [-0.4, -0.2) is 19.1 Å². The van der Waals surface area contributed by atoms with Crippen molar-refractivity contribution < 1.29 is 0 Å². The molecule has 2 rings (SSSR count). The monoisotopic (exact) mass is 268 g/mol. The lowest BCUT2D eigenvalue weighted by molar-refractivity contribution is 0.621. The van der Waals surface area contributed by atoms with Crippen LogP contribution in [0.15, 0.2) is 28.7 Å². The predicted molar refractivity (Wildman–Crippen MR) is 68.2 cm³/mol. The van der Waals surface area contributed by atoms with Crippen LogP contribution in [0.2, 0.25) is 0 Å². The number of hydrogen-bond acceptors (Lipinski definition) is 2. The van der Waals surface area contributed by atoms with Gasteiger partial charge in [-0.05, 0) is 31.0 Å². The fraction of sp³-hybridized carbons (Fsp3) is 0.500. The van der Waals surface area contributed by atoms with Crippen molar-refractivity contribution in [1.29, 1.82) is 0 Å². The van der Waals surface area contributed by atoms with Crippen LogP contribution in [0.25, 0.3) is 0 Å². The fourth-order valence-electron chi connectivity index (χ4n) is 2.08. The minimum Gasteiger partial charge on any atom is -0.370 e. The molecule has 1 unspecified atom stereocenters. The highest BCUT2D eigenvalue weighted by atomic mass is 79.9. The molecule has 1 heterocycles. The van der Waals surface area contributed by atoms with Gasteiger partial charge in [-0.3, -0.25) is 0 Å². The summed E-state index contributed by atoms with van der Waals surface area (Å²) in [5.41, 5.74) is 7.33. The molecule has 0 radical (unpaired) electrons. The molecule has 2 nitrogen and oxygen atoms in total. The van der Waals surface area contributed by atoms with E-state index in [4.69, 9.17) is 5.73 Å². The molecule has 0 aromatic heterocycles. The van der Waals surface area contributed by atoms with Gasteiger partial charge in [-0.25, -0.2) is 0 Å². The van der Waals surface area contributed by atoms with Gasteiger partial charge in [0, 0.05) is 29.3 Å². The summed E-state index contributed by atoms with van der Waals surface area (Å²) >= 11 is 3.51. The SMILES string of the molecule is NC1CCCCN(c2cccc(Br)c2)C1. The number of benzene rings is 1. The first-order valence-electron chi connectivity index (χ1n) is 5.52. The maximum absolute atomic E-state index is 6.05. The molecule has 0 saturated carbocycles. The molecule has 15 heavy (non-hydrogen) atoms. The van der Waals surface area contributed by atoms with Gasteiger partial charge in [0.2, 0.25) is 0 Å². The smallest absolute Gasteiger partial charge is 0.0378 e. The van der Waals surface area contributed by atoms with E-state index in [-0.39, 0.29) is 0 Å². The Balaban J connectivity index is 2.14. The van der Waals surface area contributed by atoms with E-state index in [9.17, 15) is 0 Å². The quantitative estimate of drug-likeness (QED) is 0.849. The molecule has 3 heteroatoms. The highest BCUT2D eigenvalue weighted by Gasteiger charge is 2.15. The molecule has 1 aliphatic rings. The molecule has 2 N–H and O–H groups in total. The molecule has 1 atom stereocenters. The Bertz CT molecular complexity index is 327. The topological polar surface area (TPSA) is 29.3 Å². The summed E-state index contributed by atoms with van der Waals surface area (Å²) < 4.78 is 1.14. The molecule has 1 fully saturated rings. The molecule has 1 aromatic carbocycles.